The zero-order valence-electron chi connectivity index (χ0n) is 9.93. The summed E-state index contributed by atoms with van der Waals surface area (Å²) in [4.78, 5) is 7.08. The van der Waals surface area contributed by atoms with E-state index in [0.717, 1.165) is 13.5 Å². The van der Waals surface area contributed by atoms with Crippen molar-refractivity contribution in [2.24, 2.45) is 0 Å². The topological polar surface area (TPSA) is 99.4 Å². The summed E-state index contributed by atoms with van der Waals surface area (Å²) < 4.78 is 0. The predicted molar refractivity (Wildman–Crippen MR) is 54.0 cm³/mol. The number of aliphatic hydroxyl groups excluding tert-OH is 2. The van der Waals surface area contributed by atoms with E-state index in [4.69, 9.17) is 20.7 Å². The second-order valence-corrected chi connectivity index (χ2v) is 1.56. The fourth-order valence-corrected chi connectivity index (χ4v) is 0. The average Bonchev–Trinajstić information content (AvgIpc) is 2.31. The van der Waals surface area contributed by atoms with Crippen molar-refractivity contribution in [3.05, 3.63) is 0 Å². The van der Waals surface area contributed by atoms with Crippen LogP contribution in [-0.4, -0.2) is 47.7 Å². The Morgan fingerprint density at radius 3 is 1.00 bits per heavy atom. The predicted octanol–water partition coefficient (Wildman–Crippen LogP) is 0.986. The van der Waals surface area contributed by atoms with E-state index >= 15 is 0 Å². The Labute approximate surface area is 107 Å². The first-order valence-electron chi connectivity index (χ1n) is 4.33. The van der Waals surface area contributed by atoms with Gasteiger partial charge in [-0.1, -0.05) is 6.92 Å². The molecule has 0 aliphatic carbocycles. The minimum absolute atomic E-state index is 0. The van der Waals surface area contributed by atoms with Crippen LogP contribution in [0.3, 0.4) is 0 Å². The van der Waals surface area contributed by atoms with Gasteiger partial charge in [0.15, 0.2) is 0 Å². The van der Waals surface area contributed by atoms with Gasteiger partial charge in [0.25, 0.3) is 0 Å². The molecule has 0 aromatic carbocycles. The minimum Gasteiger partial charge on any atom is -0.400 e. The van der Waals surface area contributed by atoms with Gasteiger partial charge in [-0.2, -0.15) is 0 Å². The van der Waals surface area contributed by atoms with Gasteiger partial charge in [0.2, 0.25) is 0 Å². The van der Waals surface area contributed by atoms with Crippen LogP contribution >= 0.6 is 0 Å². The summed E-state index contributed by atoms with van der Waals surface area (Å²) in [6.07, 6.45) is 0.875. The molecule has 0 heterocycles. The molecule has 0 aliphatic heterocycles. The molecule has 6 nitrogen and oxygen atoms in total. The molecule has 0 aliphatic rings. The third-order valence-corrected chi connectivity index (χ3v) is 0.482. The van der Waals surface area contributed by atoms with Crippen LogP contribution in [0.15, 0.2) is 0 Å². The Morgan fingerprint density at radius 2 is 1.00 bits per heavy atom. The molecule has 0 amide bonds. The van der Waals surface area contributed by atoms with Gasteiger partial charge in [-0.05, 0) is 20.3 Å². The van der Waals surface area contributed by atoms with Gasteiger partial charge in [-0.25, -0.2) is 9.78 Å². The molecule has 15 heavy (non-hydrogen) atoms. The van der Waals surface area contributed by atoms with Gasteiger partial charge in [-0.15, -0.1) is 0 Å². The van der Waals surface area contributed by atoms with Crippen LogP contribution in [0.5, 0.6) is 0 Å². The van der Waals surface area contributed by atoms with E-state index in [1.807, 2.05) is 6.92 Å². The van der Waals surface area contributed by atoms with Gasteiger partial charge in [0, 0.05) is 35.4 Å². The smallest absolute Gasteiger partial charge is 0.0791 e. The van der Waals surface area contributed by atoms with Crippen molar-refractivity contribution in [1.29, 1.82) is 0 Å². The summed E-state index contributed by atoms with van der Waals surface area (Å²) in [6, 6.07) is 0. The first kappa shape index (κ1) is 29.5. The number of rotatable bonds is 3. The first-order valence-corrected chi connectivity index (χ1v) is 4.33. The first-order chi connectivity index (χ1) is 6.74. The molecular formula is C8H24O6Ti. The Bertz CT molecular complexity index is 34.6. The molecule has 0 rings (SSSR count). The summed E-state index contributed by atoms with van der Waals surface area (Å²) in [5.41, 5.74) is 0. The van der Waals surface area contributed by atoms with Crippen molar-refractivity contribution in [3.8, 4) is 0 Å². The molecule has 0 saturated carbocycles. The Hall–Kier alpha value is 0.474. The fourth-order valence-electron chi connectivity index (χ4n) is 0. The number of aliphatic hydroxyl groups is 2. The quantitative estimate of drug-likeness (QED) is 0.344. The molecule has 0 spiro atoms. The normalized spacial score (nSPS) is 6.40. The van der Waals surface area contributed by atoms with Crippen LogP contribution in [0.25, 0.3) is 0 Å². The zero-order chi connectivity index (χ0) is 12.2. The molecule has 0 aromatic rings. The molecule has 4 N–H and O–H groups in total. The van der Waals surface area contributed by atoms with E-state index in [9.17, 15) is 0 Å². The van der Waals surface area contributed by atoms with Crippen LogP contribution in [-0.2, 0) is 31.5 Å². The second kappa shape index (κ2) is 62.7. The van der Waals surface area contributed by atoms with Crippen LogP contribution in [0, 0.1) is 0 Å². The summed E-state index contributed by atoms with van der Waals surface area (Å²) in [5, 5.41) is 29.6. The fraction of sp³-hybridized carbons (Fsp3) is 1.00. The maximum Gasteiger partial charge on any atom is 0.0791 e. The van der Waals surface area contributed by atoms with Crippen LogP contribution in [0.4, 0.5) is 0 Å². The van der Waals surface area contributed by atoms with E-state index in [2.05, 4.69) is 9.78 Å². The van der Waals surface area contributed by atoms with Gasteiger partial charge < -0.3 is 10.2 Å². The number of hydrogen-bond donors (Lipinski definition) is 4. The van der Waals surface area contributed by atoms with Crippen molar-refractivity contribution in [2.45, 2.75) is 27.2 Å². The van der Waals surface area contributed by atoms with Gasteiger partial charge in [0.05, 0.1) is 13.2 Å². The maximum atomic E-state index is 7.88. The standard InChI is InChI=1S/C3H8O.2C2H6O2.CH4O.Ti/c1-2-3-4;2*1-2-4-3;1-2;/h4H,2-3H2,1H3;2*3H,2H2,1H3;2H,1H3;. The summed E-state index contributed by atoms with van der Waals surface area (Å²) in [5.74, 6) is 0. The summed E-state index contributed by atoms with van der Waals surface area (Å²) >= 11 is 0. The third kappa shape index (κ3) is 187. The van der Waals surface area contributed by atoms with E-state index in [1.165, 1.54) is 0 Å². The molecule has 7 heteroatoms. The minimum atomic E-state index is 0. The van der Waals surface area contributed by atoms with Crippen LogP contribution in [0.1, 0.15) is 27.2 Å². The average molecular weight is 264 g/mol. The monoisotopic (exact) mass is 264 g/mol. The zero-order valence-corrected chi connectivity index (χ0v) is 11.5. The molecule has 0 fully saturated rings. The molecule has 0 aromatic heterocycles. The molecule has 0 atom stereocenters. The molecule has 96 valence electrons. The Kier molecular flexibility index (Phi) is 124. The largest absolute Gasteiger partial charge is 0.400 e. The van der Waals surface area contributed by atoms with E-state index in [0.29, 0.717) is 19.8 Å². The summed E-state index contributed by atoms with van der Waals surface area (Å²) in [6.45, 7) is 6.42. The molecule has 0 saturated heterocycles. The Morgan fingerprint density at radius 1 is 0.867 bits per heavy atom. The number of hydrogen-bond acceptors (Lipinski definition) is 6. The van der Waals surface area contributed by atoms with Gasteiger partial charge in [0.1, 0.15) is 0 Å². The van der Waals surface area contributed by atoms with Crippen molar-refractivity contribution >= 4 is 0 Å². The summed E-state index contributed by atoms with van der Waals surface area (Å²) in [7, 11) is 1.00. The van der Waals surface area contributed by atoms with Crippen LogP contribution < -0.4 is 0 Å². The van der Waals surface area contributed by atoms with Crippen molar-refractivity contribution in [3.63, 3.8) is 0 Å². The van der Waals surface area contributed by atoms with Crippen molar-refractivity contribution in [1.82, 2.24) is 0 Å². The van der Waals surface area contributed by atoms with E-state index < -0.39 is 0 Å². The van der Waals surface area contributed by atoms with Gasteiger partial charge >= 0.3 is 0 Å². The van der Waals surface area contributed by atoms with Crippen LogP contribution in [0.2, 0.25) is 0 Å². The maximum absolute atomic E-state index is 7.88. The molecular weight excluding hydrogens is 240 g/mol. The third-order valence-electron chi connectivity index (χ3n) is 0.482. The van der Waals surface area contributed by atoms with Gasteiger partial charge in [-0.3, -0.25) is 10.5 Å². The molecule has 0 bridgehead atoms. The van der Waals surface area contributed by atoms with E-state index in [1.54, 1.807) is 13.8 Å². The van der Waals surface area contributed by atoms with Crippen molar-refractivity contribution < 1.29 is 52.2 Å². The SMILES string of the molecule is CCCO.CCOO.CCOO.CO.[Ti]. The molecule has 0 radical (unpaired) electrons. The Balaban J connectivity index is -0.0000000298. The van der Waals surface area contributed by atoms with E-state index in [-0.39, 0.29) is 21.7 Å². The second-order valence-electron chi connectivity index (χ2n) is 1.56. The van der Waals surface area contributed by atoms with Crippen molar-refractivity contribution in [2.75, 3.05) is 26.9 Å². The molecule has 0 unspecified atom stereocenters.